The third kappa shape index (κ3) is 1130. The second kappa shape index (κ2) is 44.6. The monoisotopic (exact) mass is 624 g/mol. The van der Waals surface area contributed by atoms with Crippen LogP contribution >= 0.6 is 0 Å². The van der Waals surface area contributed by atoms with Crippen molar-refractivity contribution in [3.8, 4) is 0 Å². The number of carboxylic acids is 6. The fourth-order valence-corrected chi connectivity index (χ4v) is 0. The molecule has 0 bridgehead atoms. The highest BCUT2D eigenvalue weighted by atomic mass is 16.4. The zero-order valence-electron chi connectivity index (χ0n) is 24.1. The van der Waals surface area contributed by atoms with Crippen molar-refractivity contribution >= 4 is 35.8 Å². The molecule has 0 aliphatic heterocycles. The SMILES string of the molecule is CC(=O)O.CC(=O)O.CC(=O)O.CC(=O)O.CC(=O)O.CC(=O)O.NC(N)=C(N)N.NC(N)=C(N)N.NC(N)=C(N)N. The molecule has 252 valence electrons. The number of aliphatic carboxylic acids is 6. The standard InChI is InChI=1S/3C2H8N4.6C2H4O2/c3*3-1(4)2(5)6;6*1-2(3)4/h3*3-6H2;6*1H3,(H,3,4). The Labute approximate surface area is 241 Å². The van der Waals surface area contributed by atoms with Crippen molar-refractivity contribution in [1.82, 2.24) is 0 Å². The summed E-state index contributed by atoms with van der Waals surface area (Å²) in [5, 5.41) is 44.5. The summed E-state index contributed by atoms with van der Waals surface area (Å²) in [6, 6.07) is 0. The Bertz CT molecular complexity index is 637. The van der Waals surface area contributed by atoms with Crippen molar-refractivity contribution in [2.75, 3.05) is 0 Å². The van der Waals surface area contributed by atoms with E-state index in [0.717, 1.165) is 41.5 Å². The van der Waals surface area contributed by atoms with E-state index < -0.39 is 35.8 Å². The van der Waals surface area contributed by atoms with Crippen LogP contribution in [0, 0.1) is 0 Å². The smallest absolute Gasteiger partial charge is 0.300 e. The minimum absolute atomic E-state index is 0.0185. The van der Waals surface area contributed by atoms with Crippen LogP contribution in [-0.4, -0.2) is 66.5 Å². The van der Waals surface area contributed by atoms with Crippen LogP contribution < -0.4 is 68.8 Å². The van der Waals surface area contributed by atoms with E-state index in [1.54, 1.807) is 0 Å². The van der Waals surface area contributed by atoms with Gasteiger partial charge >= 0.3 is 0 Å². The van der Waals surface area contributed by atoms with Crippen LogP contribution in [0.3, 0.4) is 0 Å². The van der Waals surface area contributed by atoms with E-state index in [4.69, 9.17) is 128 Å². The summed E-state index contributed by atoms with van der Waals surface area (Å²) >= 11 is 0. The van der Waals surface area contributed by atoms with E-state index in [-0.39, 0.29) is 34.9 Å². The van der Waals surface area contributed by atoms with Crippen molar-refractivity contribution in [2.24, 2.45) is 68.8 Å². The Balaban J connectivity index is -0.0000000420. The first kappa shape index (κ1) is 60.3. The Hall–Kier alpha value is -6.36. The van der Waals surface area contributed by atoms with Gasteiger partial charge in [0.2, 0.25) is 0 Å². The number of carbonyl (C=O) groups is 6. The average Bonchev–Trinajstić information content (AvgIpc) is 2.66. The highest BCUT2D eigenvalue weighted by molar-refractivity contribution is 5.64. The first-order valence-electron chi connectivity index (χ1n) is 9.78. The molecular formula is C18H48N12O12. The lowest BCUT2D eigenvalue weighted by Crippen LogP contribution is -2.22. The molecule has 0 saturated carbocycles. The van der Waals surface area contributed by atoms with Crippen LogP contribution in [0.4, 0.5) is 0 Å². The largest absolute Gasteiger partial charge is 0.481 e. The number of hydrogen-bond donors (Lipinski definition) is 18. The van der Waals surface area contributed by atoms with Crippen LogP contribution in [0.5, 0.6) is 0 Å². The van der Waals surface area contributed by atoms with E-state index in [1.807, 2.05) is 0 Å². The highest BCUT2D eigenvalue weighted by Gasteiger charge is 1.79. The fourth-order valence-electron chi connectivity index (χ4n) is 0. The van der Waals surface area contributed by atoms with Gasteiger partial charge in [-0.05, 0) is 0 Å². The predicted molar refractivity (Wildman–Crippen MR) is 151 cm³/mol. The van der Waals surface area contributed by atoms with Crippen molar-refractivity contribution in [1.29, 1.82) is 0 Å². The lowest BCUT2D eigenvalue weighted by Gasteiger charge is -1.89. The molecule has 24 nitrogen and oxygen atoms in total. The van der Waals surface area contributed by atoms with Crippen molar-refractivity contribution < 1.29 is 59.4 Å². The van der Waals surface area contributed by atoms with Crippen LogP contribution in [0.25, 0.3) is 0 Å². The van der Waals surface area contributed by atoms with E-state index in [2.05, 4.69) is 0 Å². The van der Waals surface area contributed by atoms with Gasteiger partial charge in [0.15, 0.2) is 0 Å². The average molecular weight is 625 g/mol. The van der Waals surface area contributed by atoms with Crippen LogP contribution in [0.1, 0.15) is 41.5 Å². The van der Waals surface area contributed by atoms with Crippen LogP contribution in [0.15, 0.2) is 34.9 Å². The maximum Gasteiger partial charge on any atom is 0.300 e. The summed E-state index contributed by atoms with van der Waals surface area (Å²) in [6.07, 6.45) is 0. The molecule has 0 aromatic heterocycles. The molecular weight excluding hydrogens is 576 g/mol. The maximum absolute atomic E-state index is 9.00. The van der Waals surface area contributed by atoms with Crippen molar-refractivity contribution in [3.05, 3.63) is 34.9 Å². The summed E-state index contributed by atoms with van der Waals surface area (Å²) in [7, 11) is 0. The molecule has 0 rings (SSSR count). The van der Waals surface area contributed by atoms with Gasteiger partial charge in [0.25, 0.3) is 35.8 Å². The Morgan fingerprint density at radius 3 is 0.286 bits per heavy atom. The normalized spacial score (nSPS) is 6.71. The first-order valence-corrected chi connectivity index (χ1v) is 9.78. The Kier molecular flexibility index (Phi) is 64.0. The van der Waals surface area contributed by atoms with Gasteiger partial charge in [-0.3, -0.25) is 28.8 Å². The van der Waals surface area contributed by atoms with Gasteiger partial charge in [-0.2, -0.15) is 0 Å². The zero-order chi connectivity index (χ0) is 36.9. The molecule has 0 aromatic carbocycles. The second-order valence-corrected chi connectivity index (χ2v) is 5.85. The molecule has 0 amide bonds. The van der Waals surface area contributed by atoms with Crippen LogP contribution in [0.2, 0.25) is 0 Å². The molecule has 0 heterocycles. The summed E-state index contributed by atoms with van der Waals surface area (Å²) < 4.78 is 0. The molecule has 30 N–H and O–H groups in total. The second-order valence-electron chi connectivity index (χ2n) is 5.85. The molecule has 0 aliphatic rings. The minimum Gasteiger partial charge on any atom is -0.481 e. The molecule has 42 heavy (non-hydrogen) atoms. The van der Waals surface area contributed by atoms with Crippen molar-refractivity contribution in [2.45, 2.75) is 41.5 Å². The molecule has 0 atom stereocenters. The van der Waals surface area contributed by atoms with E-state index in [0.29, 0.717) is 0 Å². The molecule has 24 heteroatoms. The molecule has 0 radical (unpaired) electrons. The number of rotatable bonds is 0. The minimum atomic E-state index is -0.833. The van der Waals surface area contributed by atoms with Gasteiger partial charge in [0.1, 0.15) is 34.9 Å². The molecule has 0 spiro atoms. The highest BCUT2D eigenvalue weighted by Crippen LogP contribution is 1.63. The molecule has 0 fully saturated rings. The van der Waals surface area contributed by atoms with Gasteiger partial charge in [0.05, 0.1) is 0 Å². The molecule has 0 aliphatic carbocycles. The van der Waals surface area contributed by atoms with Gasteiger partial charge in [-0.15, -0.1) is 0 Å². The van der Waals surface area contributed by atoms with E-state index in [9.17, 15) is 0 Å². The summed E-state index contributed by atoms with van der Waals surface area (Å²) in [4.78, 5) is 54.0. The quantitative estimate of drug-likeness (QED) is 0.119. The Morgan fingerprint density at radius 2 is 0.286 bits per heavy atom. The van der Waals surface area contributed by atoms with Gasteiger partial charge in [-0.1, -0.05) is 0 Å². The van der Waals surface area contributed by atoms with E-state index in [1.165, 1.54) is 0 Å². The third-order valence-corrected chi connectivity index (χ3v) is 1.00. The maximum atomic E-state index is 9.00. The van der Waals surface area contributed by atoms with E-state index >= 15 is 0 Å². The number of hydrogen-bond acceptors (Lipinski definition) is 18. The Morgan fingerprint density at radius 1 is 0.262 bits per heavy atom. The van der Waals surface area contributed by atoms with Crippen LogP contribution in [-0.2, 0) is 28.8 Å². The number of carboxylic acid groups (broad SMARTS) is 6. The zero-order valence-corrected chi connectivity index (χ0v) is 24.1. The lowest BCUT2D eigenvalue weighted by molar-refractivity contribution is -0.135. The van der Waals surface area contributed by atoms with Gasteiger partial charge < -0.3 is 99.4 Å². The van der Waals surface area contributed by atoms with Crippen molar-refractivity contribution in [3.63, 3.8) is 0 Å². The topological polar surface area (TPSA) is 536 Å². The molecule has 0 aromatic rings. The summed E-state index contributed by atoms with van der Waals surface area (Å²) in [5.41, 5.74) is 58.1. The fraction of sp³-hybridized carbons (Fsp3) is 0.333. The first-order chi connectivity index (χ1) is 18.3. The number of nitrogens with two attached hydrogens (primary N) is 12. The lowest BCUT2D eigenvalue weighted by atomic mass is 10.7. The van der Waals surface area contributed by atoms with Gasteiger partial charge in [0, 0.05) is 41.5 Å². The molecule has 0 saturated heterocycles. The summed E-state index contributed by atoms with van der Waals surface area (Å²) in [6.45, 7) is 6.50. The summed E-state index contributed by atoms with van der Waals surface area (Å²) in [5.74, 6) is -5.11. The van der Waals surface area contributed by atoms with Gasteiger partial charge in [-0.25, -0.2) is 0 Å². The predicted octanol–water partition coefficient (Wildman–Crippen LogP) is -5.61. The molecule has 0 unspecified atom stereocenters. The third-order valence-electron chi connectivity index (χ3n) is 1.00.